The molecule has 0 unspecified atom stereocenters. The second kappa shape index (κ2) is 7.96. The van der Waals surface area contributed by atoms with Crippen molar-refractivity contribution in [2.24, 2.45) is 0 Å². The predicted octanol–water partition coefficient (Wildman–Crippen LogP) is 4.07. The zero-order chi connectivity index (χ0) is 19.3. The molecule has 140 valence electrons. The van der Waals surface area contributed by atoms with Crippen molar-refractivity contribution in [3.05, 3.63) is 85.2 Å². The van der Waals surface area contributed by atoms with Crippen molar-refractivity contribution >= 4 is 27.7 Å². The Morgan fingerprint density at radius 2 is 1.86 bits per heavy atom. The number of amides is 1. The average molecular weight is 371 g/mol. The third-order valence-electron chi connectivity index (χ3n) is 4.57. The molecule has 1 heterocycles. The maximum Gasteiger partial charge on any atom is 0.240 e. The van der Waals surface area contributed by atoms with Crippen molar-refractivity contribution in [2.45, 2.75) is 13.2 Å². The van der Waals surface area contributed by atoms with Crippen molar-refractivity contribution in [2.75, 3.05) is 6.54 Å². The van der Waals surface area contributed by atoms with Crippen molar-refractivity contribution in [1.29, 1.82) is 0 Å². The van der Waals surface area contributed by atoms with Gasteiger partial charge in [-0.1, -0.05) is 48.5 Å². The van der Waals surface area contributed by atoms with Crippen LogP contribution in [-0.2, 0) is 17.9 Å². The number of nitrogens with zero attached hydrogens (tertiary/aromatic N) is 2. The Bertz CT molecular complexity index is 1150. The van der Waals surface area contributed by atoms with Gasteiger partial charge in [-0.25, -0.2) is 4.98 Å². The van der Waals surface area contributed by atoms with E-state index >= 15 is 0 Å². The topological polar surface area (TPSA) is 56.2 Å². The molecular formula is C23H21N3O2. The number of nitrogens with one attached hydrogen (secondary N) is 1. The van der Waals surface area contributed by atoms with Gasteiger partial charge >= 0.3 is 0 Å². The Kier molecular flexibility index (Phi) is 5.06. The quantitative estimate of drug-likeness (QED) is 0.498. The first-order valence-corrected chi connectivity index (χ1v) is 9.18. The number of benzene rings is 3. The SMILES string of the molecule is C=CCNC(=O)Cn1c(COc2ccc3ccccc3c2)nc2ccccc21. The Morgan fingerprint density at radius 1 is 1.07 bits per heavy atom. The smallest absolute Gasteiger partial charge is 0.240 e. The minimum Gasteiger partial charge on any atom is -0.486 e. The van der Waals surface area contributed by atoms with Crippen LogP contribution in [0.1, 0.15) is 5.82 Å². The van der Waals surface area contributed by atoms with Gasteiger partial charge in [-0.05, 0) is 35.0 Å². The number of fused-ring (bicyclic) bond motifs is 2. The monoisotopic (exact) mass is 371 g/mol. The van der Waals surface area contributed by atoms with Crippen molar-refractivity contribution < 1.29 is 9.53 Å². The lowest BCUT2D eigenvalue weighted by molar-refractivity contribution is -0.121. The van der Waals surface area contributed by atoms with E-state index in [-0.39, 0.29) is 19.1 Å². The van der Waals surface area contributed by atoms with Crippen LogP contribution in [0.3, 0.4) is 0 Å². The molecule has 0 spiro atoms. The van der Waals surface area contributed by atoms with E-state index in [2.05, 4.69) is 29.0 Å². The fourth-order valence-corrected chi connectivity index (χ4v) is 3.20. The van der Waals surface area contributed by atoms with Crippen LogP contribution in [0.25, 0.3) is 21.8 Å². The lowest BCUT2D eigenvalue weighted by Crippen LogP contribution is -2.28. The van der Waals surface area contributed by atoms with Crippen LogP contribution in [0.4, 0.5) is 0 Å². The normalized spacial score (nSPS) is 10.9. The first-order valence-electron chi connectivity index (χ1n) is 9.18. The molecule has 0 aliphatic carbocycles. The van der Waals surface area contributed by atoms with Gasteiger partial charge in [0.2, 0.25) is 5.91 Å². The molecule has 1 N–H and O–H groups in total. The molecule has 0 bridgehead atoms. The van der Waals surface area contributed by atoms with Gasteiger partial charge in [0.1, 0.15) is 24.7 Å². The molecule has 0 aliphatic rings. The number of hydrogen-bond donors (Lipinski definition) is 1. The summed E-state index contributed by atoms with van der Waals surface area (Å²) >= 11 is 0. The van der Waals surface area contributed by atoms with Gasteiger partial charge in [0.15, 0.2) is 0 Å². The molecule has 1 amide bonds. The molecular weight excluding hydrogens is 350 g/mol. The van der Waals surface area contributed by atoms with Gasteiger partial charge in [0.25, 0.3) is 0 Å². The number of carbonyl (C=O) groups excluding carboxylic acids is 1. The molecule has 0 saturated heterocycles. The first-order chi connectivity index (χ1) is 13.7. The summed E-state index contributed by atoms with van der Waals surface area (Å²) in [4.78, 5) is 16.9. The molecule has 3 aromatic carbocycles. The van der Waals surface area contributed by atoms with E-state index in [1.807, 2.05) is 59.2 Å². The van der Waals surface area contributed by atoms with Crippen LogP contribution in [0.2, 0.25) is 0 Å². The summed E-state index contributed by atoms with van der Waals surface area (Å²) in [5, 5.41) is 5.10. The van der Waals surface area contributed by atoms with Gasteiger partial charge in [-0.3, -0.25) is 4.79 Å². The van der Waals surface area contributed by atoms with E-state index < -0.39 is 0 Å². The van der Waals surface area contributed by atoms with E-state index in [9.17, 15) is 4.79 Å². The summed E-state index contributed by atoms with van der Waals surface area (Å²) in [6.07, 6.45) is 1.66. The zero-order valence-electron chi connectivity index (χ0n) is 15.5. The number of ether oxygens (including phenoxy) is 1. The molecule has 0 atom stereocenters. The summed E-state index contributed by atoms with van der Waals surface area (Å²) in [5.41, 5.74) is 1.75. The zero-order valence-corrected chi connectivity index (χ0v) is 15.5. The van der Waals surface area contributed by atoms with Crippen LogP contribution in [-0.4, -0.2) is 22.0 Å². The molecule has 0 fully saturated rings. The molecule has 0 radical (unpaired) electrons. The molecule has 5 nitrogen and oxygen atoms in total. The van der Waals surface area contributed by atoms with Crippen molar-refractivity contribution in [3.8, 4) is 5.75 Å². The predicted molar refractivity (Wildman–Crippen MR) is 111 cm³/mol. The summed E-state index contributed by atoms with van der Waals surface area (Å²) in [5.74, 6) is 1.39. The highest BCUT2D eigenvalue weighted by Gasteiger charge is 2.14. The fraction of sp³-hybridized carbons (Fsp3) is 0.130. The molecule has 28 heavy (non-hydrogen) atoms. The Balaban J connectivity index is 1.59. The summed E-state index contributed by atoms with van der Waals surface area (Å²) in [7, 11) is 0. The summed E-state index contributed by atoms with van der Waals surface area (Å²) in [6.45, 7) is 4.53. The minimum absolute atomic E-state index is 0.0880. The number of rotatable bonds is 7. The Labute approximate surface area is 163 Å². The fourth-order valence-electron chi connectivity index (χ4n) is 3.20. The first kappa shape index (κ1) is 17.8. The second-order valence-corrected chi connectivity index (χ2v) is 6.49. The number of para-hydroxylation sites is 2. The van der Waals surface area contributed by atoms with Crippen molar-refractivity contribution in [1.82, 2.24) is 14.9 Å². The van der Waals surface area contributed by atoms with Crippen LogP contribution < -0.4 is 10.1 Å². The number of imidazole rings is 1. The van der Waals surface area contributed by atoms with Gasteiger partial charge < -0.3 is 14.6 Å². The second-order valence-electron chi connectivity index (χ2n) is 6.49. The highest BCUT2D eigenvalue weighted by Crippen LogP contribution is 2.22. The third kappa shape index (κ3) is 3.74. The maximum absolute atomic E-state index is 12.2. The highest BCUT2D eigenvalue weighted by atomic mass is 16.5. The van der Waals surface area contributed by atoms with E-state index in [4.69, 9.17) is 4.74 Å². The van der Waals surface area contributed by atoms with Gasteiger partial charge in [0, 0.05) is 6.54 Å². The highest BCUT2D eigenvalue weighted by molar-refractivity contribution is 5.84. The standard InChI is InChI=1S/C23H21N3O2/c1-2-13-24-23(27)15-26-21-10-6-5-9-20(21)25-22(26)16-28-19-12-11-17-7-3-4-8-18(17)14-19/h2-12,14H,1,13,15-16H2,(H,24,27). The molecule has 1 aromatic heterocycles. The Morgan fingerprint density at radius 3 is 2.71 bits per heavy atom. The van der Waals surface area contributed by atoms with E-state index in [0.29, 0.717) is 12.4 Å². The van der Waals surface area contributed by atoms with E-state index in [1.165, 1.54) is 5.39 Å². The van der Waals surface area contributed by atoms with Crippen LogP contribution in [0.15, 0.2) is 79.4 Å². The van der Waals surface area contributed by atoms with Crippen molar-refractivity contribution in [3.63, 3.8) is 0 Å². The van der Waals surface area contributed by atoms with Gasteiger partial charge in [-0.2, -0.15) is 0 Å². The summed E-state index contributed by atoms with van der Waals surface area (Å²) in [6, 6.07) is 21.9. The number of aromatic nitrogens is 2. The van der Waals surface area contributed by atoms with E-state index in [0.717, 1.165) is 22.2 Å². The number of carbonyl (C=O) groups is 1. The lowest BCUT2D eigenvalue weighted by Gasteiger charge is -2.11. The molecule has 0 aliphatic heterocycles. The Hall–Kier alpha value is -3.60. The van der Waals surface area contributed by atoms with Gasteiger partial charge in [0.05, 0.1) is 11.0 Å². The number of hydrogen-bond acceptors (Lipinski definition) is 3. The van der Waals surface area contributed by atoms with Crippen LogP contribution in [0.5, 0.6) is 5.75 Å². The lowest BCUT2D eigenvalue weighted by atomic mass is 10.1. The molecule has 0 saturated carbocycles. The molecule has 4 aromatic rings. The van der Waals surface area contributed by atoms with Gasteiger partial charge in [-0.15, -0.1) is 6.58 Å². The average Bonchev–Trinajstić information content (AvgIpc) is 3.08. The molecule has 5 heteroatoms. The van der Waals surface area contributed by atoms with E-state index in [1.54, 1.807) is 6.08 Å². The van der Waals surface area contributed by atoms with Crippen LogP contribution in [0, 0.1) is 0 Å². The largest absolute Gasteiger partial charge is 0.486 e. The minimum atomic E-state index is -0.0880. The maximum atomic E-state index is 12.2. The molecule has 4 rings (SSSR count). The van der Waals surface area contributed by atoms with Crippen LogP contribution >= 0.6 is 0 Å². The summed E-state index contributed by atoms with van der Waals surface area (Å²) < 4.78 is 7.90. The third-order valence-corrected chi connectivity index (χ3v) is 4.57.